The number of imidazole rings is 1. The molecule has 0 aromatic carbocycles. The minimum Gasteiger partial charge on any atom is -0.444 e. The fourth-order valence-electron chi connectivity index (χ4n) is 1.30. The summed E-state index contributed by atoms with van der Waals surface area (Å²) in [5.74, 6) is 0.943. The second kappa shape index (κ2) is 5.54. The van der Waals surface area contributed by atoms with Crippen LogP contribution in [-0.2, 0) is 11.3 Å². The number of aromatic amines is 1. The molecule has 1 N–H and O–H groups in total. The summed E-state index contributed by atoms with van der Waals surface area (Å²) in [5, 5.41) is 0. The second-order valence-corrected chi connectivity index (χ2v) is 4.82. The van der Waals surface area contributed by atoms with Crippen molar-refractivity contribution in [3.05, 3.63) is 23.4 Å². The maximum absolute atomic E-state index is 11.9. The van der Waals surface area contributed by atoms with Gasteiger partial charge in [0.1, 0.15) is 12.1 Å². The predicted octanol–water partition coefficient (Wildman–Crippen LogP) is 2.72. The highest BCUT2D eigenvalue weighted by Gasteiger charge is 2.22. The van der Waals surface area contributed by atoms with Crippen LogP contribution in [0, 0.1) is 6.57 Å². The van der Waals surface area contributed by atoms with E-state index in [1.54, 1.807) is 0 Å². The topological polar surface area (TPSA) is 62.6 Å². The molecular weight excluding hydrogens is 232 g/mol. The summed E-state index contributed by atoms with van der Waals surface area (Å²) in [6.45, 7) is 15.0. The number of nitrogens with one attached hydrogen (secondary N) is 1. The summed E-state index contributed by atoms with van der Waals surface area (Å²) in [4.78, 5) is 23.5. The lowest BCUT2D eigenvalue weighted by molar-refractivity contribution is 0.0240. The molecule has 0 saturated carbocycles. The molecule has 0 aliphatic rings. The van der Waals surface area contributed by atoms with E-state index in [9.17, 15) is 4.79 Å². The number of carbonyl (C=O) groups is 1. The molecule has 1 aromatic rings. The Morgan fingerprint density at radius 1 is 1.61 bits per heavy atom. The van der Waals surface area contributed by atoms with Gasteiger partial charge in [0.05, 0.1) is 6.20 Å². The van der Waals surface area contributed by atoms with Gasteiger partial charge in [-0.05, 0) is 27.7 Å². The molecule has 1 aromatic heterocycles. The van der Waals surface area contributed by atoms with Crippen LogP contribution in [0.1, 0.15) is 33.5 Å². The Hall–Kier alpha value is -2.03. The summed E-state index contributed by atoms with van der Waals surface area (Å²) in [6.07, 6.45) is 1.07. The minimum atomic E-state index is -0.519. The number of hydrogen-bond donors (Lipinski definition) is 1. The van der Waals surface area contributed by atoms with Crippen LogP contribution in [0.2, 0.25) is 0 Å². The average molecular weight is 250 g/mol. The Kier molecular flexibility index (Phi) is 4.32. The van der Waals surface area contributed by atoms with Crippen molar-refractivity contribution in [1.29, 1.82) is 0 Å². The second-order valence-electron chi connectivity index (χ2n) is 4.82. The molecule has 0 unspecified atom stereocenters. The van der Waals surface area contributed by atoms with Gasteiger partial charge in [-0.25, -0.2) is 9.78 Å². The van der Waals surface area contributed by atoms with E-state index < -0.39 is 5.60 Å². The standard InChI is InChI=1S/C12H18N4O2/c1-6-16(11(17)18-12(2,3)4)8-10-14-7-9(13-5)15-10/h7H,6,8H2,1-4H3,(H,14,15). The molecule has 0 saturated heterocycles. The maximum Gasteiger partial charge on any atom is 0.410 e. The third kappa shape index (κ3) is 4.09. The molecule has 1 heterocycles. The number of H-pyrrole nitrogens is 1. The van der Waals surface area contributed by atoms with Gasteiger partial charge in [0.2, 0.25) is 5.82 Å². The van der Waals surface area contributed by atoms with Gasteiger partial charge in [-0.3, -0.25) is 9.88 Å². The van der Waals surface area contributed by atoms with E-state index >= 15 is 0 Å². The summed E-state index contributed by atoms with van der Waals surface area (Å²) >= 11 is 0. The van der Waals surface area contributed by atoms with Crippen LogP contribution in [0.25, 0.3) is 4.85 Å². The predicted molar refractivity (Wildman–Crippen MR) is 67.2 cm³/mol. The summed E-state index contributed by atoms with van der Waals surface area (Å²) in [5.41, 5.74) is -0.519. The Bertz CT molecular complexity index is 453. The van der Waals surface area contributed by atoms with Crippen LogP contribution in [0.3, 0.4) is 0 Å². The van der Waals surface area contributed by atoms with Gasteiger partial charge in [-0.1, -0.05) is 6.57 Å². The zero-order valence-electron chi connectivity index (χ0n) is 11.1. The molecule has 0 fully saturated rings. The molecule has 0 aliphatic carbocycles. The Morgan fingerprint density at radius 3 is 2.72 bits per heavy atom. The molecule has 6 nitrogen and oxygen atoms in total. The van der Waals surface area contributed by atoms with E-state index in [-0.39, 0.29) is 6.09 Å². The number of hydrogen-bond acceptors (Lipinski definition) is 3. The van der Waals surface area contributed by atoms with E-state index in [1.165, 1.54) is 11.1 Å². The van der Waals surface area contributed by atoms with Gasteiger partial charge >= 0.3 is 6.09 Å². The van der Waals surface area contributed by atoms with Crippen molar-refractivity contribution in [2.45, 2.75) is 39.8 Å². The largest absolute Gasteiger partial charge is 0.444 e. The third-order valence-electron chi connectivity index (χ3n) is 2.11. The molecular formula is C12H18N4O2. The normalized spacial score (nSPS) is 10.8. The lowest BCUT2D eigenvalue weighted by Crippen LogP contribution is -2.36. The zero-order chi connectivity index (χ0) is 13.8. The van der Waals surface area contributed by atoms with Crippen molar-refractivity contribution in [1.82, 2.24) is 14.9 Å². The van der Waals surface area contributed by atoms with E-state index in [2.05, 4.69) is 14.8 Å². The summed E-state index contributed by atoms with van der Waals surface area (Å²) in [7, 11) is 0. The van der Waals surface area contributed by atoms with Crippen molar-refractivity contribution in [3.8, 4) is 0 Å². The fraction of sp³-hybridized carbons (Fsp3) is 0.583. The number of rotatable bonds is 3. The van der Waals surface area contributed by atoms with Crippen molar-refractivity contribution in [2.24, 2.45) is 0 Å². The summed E-state index contributed by atoms with van der Waals surface area (Å²) in [6, 6.07) is 0. The van der Waals surface area contributed by atoms with Crippen molar-refractivity contribution < 1.29 is 9.53 Å². The highest BCUT2D eigenvalue weighted by atomic mass is 16.6. The Labute approximate surface area is 107 Å². The first-order valence-corrected chi connectivity index (χ1v) is 5.75. The van der Waals surface area contributed by atoms with E-state index in [0.717, 1.165) is 0 Å². The van der Waals surface area contributed by atoms with E-state index in [1.807, 2.05) is 27.7 Å². The number of nitrogens with zero attached hydrogens (tertiary/aromatic N) is 3. The highest BCUT2D eigenvalue weighted by Crippen LogP contribution is 2.13. The maximum atomic E-state index is 11.9. The van der Waals surface area contributed by atoms with Gasteiger partial charge in [0.15, 0.2) is 5.82 Å². The van der Waals surface area contributed by atoms with Crippen molar-refractivity contribution in [2.75, 3.05) is 6.54 Å². The zero-order valence-corrected chi connectivity index (χ0v) is 11.1. The minimum absolute atomic E-state index is 0.306. The molecule has 0 spiro atoms. The fourth-order valence-corrected chi connectivity index (χ4v) is 1.30. The van der Waals surface area contributed by atoms with Crippen LogP contribution in [0.15, 0.2) is 6.20 Å². The smallest absolute Gasteiger partial charge is 0.410 e. The lowest BCUT2D eigenvalue weighted by Gasteiger charge is -2.25. The molecule has 0 radical (unpaired) electrons. The van der Waals surface area contributed by atoms with Crippen molar-refractivity contribution in [3.63, 3.8) is 0 Å². The van der Waals surface area contributed by atoms with E-state index in [4.69, 9.17) is 11.3 Å². The van der Waals surface area contributed by atoms with E-state index in [0.29, 0.717) is 24.7 Å². The number of aromatic nitrogens is 2. The molecule has 0 bridgehead atoms. The Morgan fingerprint density at radius 2 is 2.28 bits per heavy atom. The monoisotopic (exact) mass is 250 g/mol. The van der Waals surface area contributed by atoms with Crippen LogP contribution in [-0.4, -0.2) is 33.1 Å². The first-order chi connectivity index (χ1) is 8.35. The lowest BCUT2D eigenvalue weighted by atomic mass is 10.2. The van der Waals surface area contributed by atoms with Gasteiger partial charge in [-0.2, -0.15) is 0 Å². The molecule has 18 heavy (non-hydrogen) atoms. The van der Waals surface area contributed by atoms with Crippen LogP contribution < -0.4 is 0 Å². The van der Waals surface area contributed by atoms with Gasteiger partial charge < -0.3 is 9.58 Å². The Balaban J connectivity index is 2.67. The molecule has 6 heteroatoms. The summed E-state index contributed by atoms with van der Waals surface area (Å²) < 4.78 is 5.28. The number of carbonyl (C=O) groups excluding carboxylic acids is 1. The van der Waals surface area contributed by atoms with Gasteiger partial charge in [0, 0.05) is 6.54 Å². The third-order valence-corrected chi connectivity index (χ3v) is 2.11. The quantitative estimate of drug-likeness (QED) is 0.839. The average Bonchev–Trinajstić information content (AvgIpc) is 2.71. The SMILES string of the molecule is [C-]#[N+]c1cnc(CN(CC)C(=O)OC(C)(C)C)[nH]1. The first kappa shape index (κ1) is 14.0. The van der Waals surface area contributed by atoms with Gasteiger partial charge in [0.25, 0.3) is 0 Å². The molecule has 98 valence electrons. The molecule has 0 aliphatic heterocycles. The van der Waals surface area contributed by atoms with Crippen LogP contribution >= 0.6 is 0 Å². The first-order valence-electron chi connectivity index (χ1n) is 5.75. The van der Waals surface area contributed by atoms with Crippen molar-refractivity contribution >= 4 is 11.9 Å². The highest BCUT2D eigenvalue weighted by molar-refractivity contribution is 5.68. The van der Waals surface area contributed by atoms with Gasteiger partial charge in [-0.15, -0.1) is 0 Å². The number of ether oxygens (including phenoxy) is 1. The van der Waals surface area contributed by atoms with Crippen LogP contribution in [0.4, 0.5) is 10.6 Å². The molecule has 1 rings (SSSR count). The molecule has 1 amide bonds. The number of amides is 1. The van der Waals surface area contributed by atoms with Crippen LogP contribution in [0.5, 0.6) is 0 Å². The molecule has 0 atom stereocenters.